The predicted octanol–water partition coefficient (Wildman–Crippen LogP) is 3.80. The van der Waals surface area contributed by atoms with E-state index in [-0.39, 0.29) is 35.8 Å². The highest BCUT2D eigenvalue weighted by Crippen LogP contribution is 2.22. The zero-order valence-corrected chi connectivity index (χ0v) is 18.0. The summed E-state index contributed by atoms with van der Waals surface area (Å²) in [4.78, 5) is 6.75. The van der Waals surface area contributed by atoms with Crippen molar-refractivity contribution in [1.29, 1.82) is 0 Å². The molecule has 0 spiro atoms. The molecule has 1 aliphatic heterocycles. The molecule has 1 atom stereocenters. The lowest BCUT2D eigenvalue weighted by Gasteiger charge is -2.35. The van der Waals surface area contributed by atoms with Gasteiger partial charge in [-0.1, -0.05) is 12.1 Å². The van der Waals surface area contributed by atoms with Gasteiger partial charge >= 0.3 is 0 Å². The molecule has 0 amide bonds. The summed E-state index contributed by atoms with van der Waals surface area (Å²) in [5, 5.41) is 6.79. The summed E-state index contributed by atoms with van der Waals surface area (Å²) in [6, 6.07) is 11.1. The maximum atomic E-state index is 14.1. The molecule has 2 N–H and O–H groups in total. The number of guanidine groups is 1. The molecule has 3 rings (SSSR count). The molecule has 0 saturated carbocycles. The molecule has 1 unspecified atom stereocenters. The van der Waals surface area contributed by atoms with E-state index in [1.54, 1.807) is 12.3 Å². The molecule has 148 valence electrons. The van der Waals surface area contributed by atoms with Gasteiger partial charge in [-0.15, -0.1) is 24.0 Å². The van der Waals surface area contributed by atoms with E-state index in [2.05, 4.69) is 27.4 Å². The number of piperidine rings is 1. The smallest absolute Gasteiger partial charge is 0.191 e. The first-order chi connectivity index (χ1) is 12.8. The molecule has 1 aliphatic rings. The summed E-state index contributed by atoms with van der Waals surface area (Å²) in [7, 11) is 0. The predicted molar refractivity (Wildman–Crippen MR) is 119 cm³/mol. The van der Waals surface area contributed by atoms with Crippen molar-refractivity contribution in [2.45, 2.75) is 32.2 Å². The molecule has 1 aromatic heterocycles. The summed E-state index contributed by atoms with van der Waals surface area (Å²) in [6.45, 7) is 5.16. The van der Waals surface area contributed by atoms with Gasteiger partial charge in [0, 0.05) is 38.6 Å². The van der Waals surface area contributed by atoms with Gasteiger partial charge in [0.1, 0.15) is 11.6 Å². The lowest BCUT2D eigenvalue weighted by Crippen LogP contribution is -2.51. The SMILES string of the molecule is CCNC(=NCCc1ccco1)NC1CCCN(c2ccccc2F)C1.I. The van der Waals surface area contributed by atoms with Crippen molar-refractivity contribution in [2.75, 3.05) is 31.1 Å². The zero-order chi connectivity index (χ0) is 18.2. The van der Waals surface area contributed by atoms with Crippen molar-refractivity contribution in [1.82, 2.24) is 10.6 Å². The standard InChI is InChI=1S/C20H27FN4O.HI/c1-2-22-20(23-12-11-17-8-6-14-26-17)24-16-7-5-13-25(15-16)19-10-4-3-9-18(19)21;/h3-4,6,8-10,14,16H,2,5,7,11-13,15H2,1H3,(H2,22,23,24);1H. The van der Waals surface area contributed by atoms with Gasteiger partial charge < -0.3 is 20.0 Å². The van der Waals surface area contributed by atoms with Gasteiger partial charge in [-0.2, -0.15) is 0 Å². The maximum absolute atomic E-state index is 14.1. The Balaban J connectivity index is 0.00000261. The third-order valence-corrected chi connectivity index (χ3v) is 4.51. The number of aliphatic imine (C=N–C) groups is 1. The van der Waals surface area contributed by atoms with Crippen molar-refractivity contribution in [3.8, 4) is 0 Å². The molecule has 2 aromatic rings. The zero-order valence-electron chi connectivity index (χ0n) is 15.7. The molecule has 1 aromatic carbocycles. The summed E-state index contributed by atoms with van der Waals surface area (Å²) in [5.74, 6) is 1.58. The average Bonchev–Trinajstić information content (AvgIpc) is 3.16. The highest BCUT2D eigenvalue weighted by molar-refractivity contribution is 14.0. The van der Waals surface area contributed by atoms with Gasteiger partial charge in [-0.3, -0.25) is 4.99 Å². The third kappa shape index (κ3) is 6.41. The Hall–Kier alpha value is -1.77. The maximum Gasteiger partial charge on any atom is 0.191 e. The monoisotopic (exact) mass is 486 g/mol. The van der Waals surface area contributed by atoms with Gasteiger partial charge in [-0.25, -0.2) is 4.39 Å². The first-order valence-corrected chi connectivity index (χ1v) is 9.33. The number of nitrogens with one attached hydrogen (secondary N) is 2. The van der Waals surface area contributed by atoms with Crippen LogP contribution >= 0.6 is 24.0 Å². The van der Waals surface area contributed by atoms with Crippen LogP contribution in [-0.2, 0) is 6.42 Å². The molecule has 1 fully saturated rings. The van der Waals surface area contributed by atoms with E-state index >= 15 is 0 Å². The fraction of sp³-hybridized carbons (Fsp3) is 0.450. The lowest BCUT2D eigenvalue weighted by atomic mass is 10.0. The van der Waals surface area contributed by atoms with Gasteiger partial charge in [-0.05, 0) is 44.0 Å². The molecule has 1 saturated heterocycles. The Morgan fingerprint density at radius 2 is 2.15 bits per heavy atom. The van der Waals surface area contributed by atoms with Crippen LogP contribution in [0.25, 0.3) is 0 Å². The van der Waals surface area contributed by atoms with E-state index in [0.717, 1.165) is 50.6 Å². The number of nitrogens with zero attached hydrogens (tertiary/aromatic N) is 2. The van der Waals surface area contributed by atoms with E-state index in [9.17, 15) is 4.39 Å². The van der Waals surface area contributed by atoms with Crippen molar-refractivity contribution in [2.24, 2.45) is 4.99 Å². The van der Waals surface area contributed by atoms with Crippen LogP contribution in [0.15, 0.2) is 52.1 Å². The van der Waals surface area contributed by atoms with Crippen LogP contribution in [0.4, 0.5) is 10.1 Å². The van der Waals surface area contributed by atoms with Crippen molar-refractivity contribution in [3.63, 3.8) is 0 Å². The highest BCUT2D eigenvalue weighted by Gasteiger charge is 2.22. The van der Waals surface area contributed by atoms with Crippen molar-refractivity contribution < 1.29 is 8.81 Å². The van der Waals surface area contributed by atoms with E-state index in [0.29, 0.717) is 12.2 Å². The minimum absolute atomic E-state index is 0. The third-order valence-electron chi connectivity index (χ3n) is 4.51. The van der Waals surface area contributed by atoms with Crippen LogP contribution < -0.4 is 15.5 Å². The molecular weight excluding hydrogens is 458 g/mol. The molecular formula is C20H28FIN4O. The number of benzene rings is 1. The van der Waals surface area contributed by atoms with Gasteiger partial charge in [0.05, 0.1) is 12.0 Å². The molecule has 27 heavy (non-hydrogen) atoms. The molecule has 5 nitrogen and oxygen atoms in total. The van der Waals surface area contributed by atoms with Crippen LogP contribution in [-0.4, -0.2) is 38.2 Å². The van der Waals surface area contributed by atoms with Crippen LogP contribution in [0.3, 0.4) is 0 Å². The number of halogens is 2. The number of para-hydroxylation sites is 1. The molecule has 7 heteroatoms. The van der Waals surface area contributed by atoms with Crippen LogP contribution in [0.1, 0.15) is 25.5 Å². The van der Waals surface area contributed by atoms with Crippen molar-refractivity contribution in [3.05, 3.63) is 54.2 Å². The number of hydrogen-bond donors (Lipinski definition) is 2. The second kappa shape index (κ2) is 11.2. The van der Waals surface area contributed by atoms with E-state index in [1.807, 2.05) is 24.3 Å². The largest absolute Gasteiger partial charge is 0.469 e. The second-order valence-corrected chi connectivity index (χ2v) is 6.47. The van der Waals surface area contributed by atoms with Gasteiger partial charge in [0.25, 0.3) is 0 Å². The molecule has 0 aliphatic carbocycles. The number of furan rings is 1. The van der Waals surface area contributed by atoms with Crippen LogP contribution in [0.2, 0.25) is 0 Å². The molecule has 0 bridgehead atoms. The van der Waals surface area contributed by atoms with Crippen LogP contribution in [0, 0.1) is 5.82 Å². The fourth-order valence-electron chi connectivity index (χ4n) is 3.27. The minimum atomic E-state index is -0.160. The summed E-state index contributed by atoms with van der Waals surface area (Å²) < 4.78 is 19.4. The first-order valence-electron chi connectivity index (χ1n) is 9.33. The number of anilines is 1. The molecule has 2 heterocycles. The quantitative estimate of drug-likeness (QED) is 0.371. The summed E-state index contributed by atoms with van der Waals surface area (Å²) >= 11 is 0. The highest BCUT2D eigenvalue weighted by atomic mass is 127. The number of rotatable bonds is 6. The van der Waals surface area contributed by atoms with Crippen molar-refractivity contribution >= 4 is 35.6 Å². The van der Waals surface area contributed by atoms with E-state index < -0.39 is 0 Å². The summed E-state index contributed by atoms with van der Waals surface area (Å²) in [5.41, 5.74) is 0.679. The summed E-state index contributed by atoms with van der Waals surface area (Å²) in [6.07, 6.45) is 4.53. The minimum Gasteiger partial charge on any atom is -0.469 e. The lowest BCUT2D eigenvalue weighted by molar-refractivity contribution is 0.462. The van der Waals surface area contributed by atoms with E-state index in [4.69, 9.17) is 4.42 Å². The normalized spacial score (nSPS) is 17.3. The Labute approximate surface area is 177 Å². The van der Waals surface area contributed by atoms with Gasteiger partial charge in [0.2, 0.25) is 0 Å². The Morgan fingerprint density at radius 3 is 2.89 bits per heavy atom. The first kappa shape index (κ1) is 21.5. The molecule has 0 radical (unpaired) electrons. The second-order valence-electron chi connectivity index (χ2n) is 6.47. The Bertz CT molecular complexity index is 708. The average molecular weight is 486 g/mol. The Morgan fingerprint density at radius 1 is 1.30 bits per heavy atom. The topological polar surface area (TPSA) is 52.8 Å². The number of hydrogen-bond acceptors (Lipinski definition) is 3. The van der Waals surface area contributed by atoms with E-state index in [1.165, 1.54) is 6.07 Å². The fourth-order valence-corrected chi connectivity index (χ4v) is 3.27. The van der Waals surface area contributed by atoms with Gasteiger partial charge in [0.15, 0.2) is 5.96 Å². The van der Waals surface area contributed by atoms with Crippen LogP contribution in [0.5, 0.6) is 0 Å². The Kier molecular flexibility index (Phi) is 8.90.